The van der Waals surface area contributed by atoms with E-state index in [0.29, 0.717) is 0 Å². The number of aromatic amines is 1. The lowest BCUT2D eigenvalue weighted by atomic mass is 10.2. The fourth-order valence-corrected chi connectivity index (χ4v) is 1.96. The van der Waals surface area contributed by atoms with E-state index in [1.807, 2.05) is 54.9 Å². The highest BCUT2D eigenvalue weighted by molar-refractivity contribution is 5.86. The SMILES string of the molecule is COc1ccc(C=Nc2ccc3cc[nH]c3c2)cc1. The van der Waals surface area contributed by atoms with Crippen molar-refractivity contribution in [1.29, 1.82) is 0 Å². The molecule has 0 fully saturated rings. The Kier molecular flexibility index (Phi) is 3.02. The first-order valence-corrected chi connectivity index (χ1v) is 6.10. The Hall–Kier alpha value is -2.55. The summed E-state index contributed by atoms with van der Waals surface area (Å²) in [5.41, 5.74) is 3.09. The third-order valence-electron chi connectivity index (χ3n) is 3.02. The zero-order valence-corrected chi connectivity index (χ0v) is 10.6. The molecule has 0 spiro atoms. The van der Waals surface area contributed by atoms with Crippen LogP contribution < -0.4 is 4.74 Å². The zero-order valence-electron chi connectivity index (χ0n) is 10.6. The molecule has 3 nitrogen and oxygen atoms in total. The van der Waals surface area contributed by atoms with Crippen LogP contribution in [0, 0.1) is 0 Å². The molecule has 2 aromatic carbocycles. The van der Waals surface area contributed by atoms with Crippen molar-refractivity contribution in [3.63, 3.8) is 0 Å². The molecule has 1 N–H and O–H groups in total. The topological polar surface area (TPSA) is 37.4 Å². The van der Waals surface area contributed by atoms with Crippen LogP contribution in [0.25, 0.3) is 10.9 Å². The minimum Gasteiger partial charge on any atom is -0.497 e. The molecule has 94 valence electrons. The van der Waals surface area contributed by atoms with Crippen molar-refractivity contribution < 1.29 is 4.74 Å². The molecule has 3 aromatic rings. The fraction of sp³-hybridized carbons (Fsp3) is 0.0625. The average Bonchev–Trinajstić information content (AvgIpc) is 2.93. The third-order valence-corrected chi connectivity index (χ3v) is 3.02. The molecule has 3 heteroatoms. The summed E-state index contributed by atoms with van der Waals surface area (Å²) in [7, 11) is 1.66. The number of rotatable bonds is 3. The average molecular weight is 250 g/mol. The van der Waals surface area contributed by atoms with E-state index >= 15 is 0 Å². The molecule has 0 radical (unpaired) electrons. The number of fused-ring (bicyclic) bond motifs is 1. The number of hydrogen-bond acceptors (Lipinski definition) is 2. The van der Waals surface area contributed by atoms with Crippen LogP contribution in [0.3, 0.4) is 0 Å². The quantitative estimate of drug-likeness (QED) is 0.703. The van der Waals surface area contributed by atoms with Crippen LogP contribution in [0.4, 0.5) is 5.69 Å². The molecule has 0 unspecified atom stereocenters. The van der Waals surface area contributed by atoms with Gasteiger partial charge in [-0.2, -0.15) is 0 Å². The van der Waals surface area contributed by atoms with Crippen molar-refractivity contribution in [2.45, 2.75) is 0 Å². The van der Waals surface area contributed by atoms with Gasteiger partial charge >= 0.3 is 0 Å². The maximum absolute atomic E-state index is 5.12. The number of aromatic nitrogens is 1. The number of ether oxygens (including phenoxy) is 1. The minimum absolute atomic E-state index is 0.852. The Morgan fingerprint density at radius 3 is 2.68 bits per heavy atom. The lowest BCUT2D eigenvalue weighted by Crippen LogP contribution is -1.84. The summed E-state index contributed by atoms with van der Waals surface area (Å²) in [5, 5.41) is 1.20. The van der Waals surface area contributed by atoms with E-state index in [4.69, 9.17) is 4.74 Å². The van der Waals surface area contributed by atoms with Gasteiger partial charge in [0.1, 0.15) is 5.75 Å². The molecule has 1 aromatic heterocycles. The zero-order chi connectivity index (χ0) is 13.1. The molecule has 0 aliphatic rings. The molecule has 3 rings (SSSR count). The first-order valence-electron chi connectivity index (χ1n) is 6.10. The van der Waals surface area contributed by atoms with Gasteiger partial charge in [0.15, 0.2) is 0 Å². The number of nitrogens with zero attached hydrogens (tertiary/aromatic N) is 1. The van der Waals surface area contributed by atoms with Gasteiger partial charge in [0.25, 0.3) is 0 Å². The van der Waals surface area contributed by atoms with Gasteiger partial charge in [0.05, 0.1) is 12.8 Å². The number of nitrogens with one attached hydrogen (secondary N) is 1. The molecule has 0 atom stereocenters. The van der Waals surface area contributed by atoms with E-state index in [1.165, 1.54) is 5.39 Å². The Balaban J connectivity index is 1.84. The van der Waals surface area contributed by atoms with Crippen LogP contribution in [-0.4, -0.2) is 18.3 Å². The van der Waals surface area contributed by atoms with Crippen molar-refractivity contribution in [2.24, 2.45) is 4.99 Å². The smallest absolute Gasteiger partial charge is 0.118 e. The third kappa shape index (κ3) is 2.50. The number of methoxy groups -OCH3 is 1. The van der Waals surface area contributed by atoms with Crippen LogP contribution in [0.2, 0.25) is 0 Å². The molecule has 1 heterocycles. The van der Waals surface area contributed by atoms with Crippen molar-refractivity contribution in [3.8, 4) is 5.75 Å². The molecule has 0 amide bonds. The molecule has 0 saturated heterocycles. The van der Waals surface area contributed by atoms with Crippen LogP contribution in [0.15, 0.2) is 59.7 Å². The van der Waals surface area contributed by atoms with Crippen LogP contribution >= 0.6 is 0 Å². The van der Waals surface area contributed by atoms with Crippen molar-refractivity contribution in [1.82, 2.24) is 4.98 Å². The summed E-state index contributed by atoms with van der Waals surface area (Å²) in [5.74, 6) is 0.852. The largest absolute Gasteiger partial charge is 0.497 e. The Labute approximate surface area is 111 Å². The van der Waals surface area contributed by atoms with Crippen molar-refractivity contribution >= 4 is 22.8 Å². The highest BCUT2D eigenvalue weighted by Gasteiger charge is 1.95. The van der Waals surface area contributed by atoms with Gasteiger partial charge in [0, 0.05) is 17.9 Å². The Bertz CT molecular complexity index is 711. The van der Waals surface area contributed by atoms with Crippen LogP contribution in [-0.2, 0) is 0 Å². The number of hydrogen-bond donors (Lipinski definition) is 1. The first kappa shape index (κ1) is 11.5. The normalized spacial score (nSPS) is 11.2. The maximum atomic E-state index is 5.12. The van der Waals surface area contributed by atoms with Crippen molar-refractivity contribution in [3.05, 3.63) is 60.3 Å². The maximum Gasteiger partial charge on any atom is 0.118 e. The van der Waals surface area contributed by atoms with Gasteiger partial charge in [-0.1, -0.05) is 6.07 Å². The molecular formula is C16H14N2O. The molecule has 0 saturated carbocycles. The van der Waals surface area contributed by atoms with Gasteiger partial charge in [-0.25, -0.2) is 0 Å². The second-order valence-corrected chi connectivity index (χ2v) is 4.28. The highest BCUT2D eigenvalue weighted by Crippen LogP contribution is 2.20. The second-order valence-electron chi connectivity index (χ2n) is 4.28. The minimum atomic E-state index is 0.852. The second kappa shape index (κ2) is 4.98. The first-order chi connectivity index (χ1) is 9.35. The Morgan fingerprint density at radius 1 is 1.05 bits per heavy atom. The summed E-state index contributed by atoms with van der Waals surface area (Å²) in [4.78, 5) is 7.66. The van der Waals surface area contributed by atoms with Gasteiger partial charge in [-0.15, -0.1) is 0 Å². The van der Waals surface area contributed by atoms with Gasteiger partial charge < -0.3 is 9.72 Å². The number of H-pyrrole nitrogens is 1. The lowest BCUT2D eigenvalue weighted by molar-refractivity contribution is 0.415. The van der Waals surface area contributed by atoms with E-state index in [-0.39, 0.29) is 0 Å². The standard InChI is InChI=1S/C16H14N2O/c1-19-15-6-2-12(3-7-15)11-18-14-5-4-13-8-9-17-16(13)10-14/h2-11,17H,1H3. The summed E-state index contributed by atoms with van der Waals surface area (Å²) in [6.07, 6.45) is 3.78. The Morgan fingerprint density at radius 2 is 1.89 bits per heavy atom. The van der Waals surface area contributed by atoms with E-state index in [1.54, 1.807) is 7.11 Å². The van der Waals surface area contributed by atoms with Crippen LogP contribution in [0.5, 0.6) is 5.75 Å². The molecule has 0 aliphatic carbocycles. The predicted octanol–water partition coefficient (Wildman–Crippen LogP) is 3.93. The van der Waals surface area contributed by atoms with E-state index in [2.05, 4.69) is 16.0 Å². The lowest BCUT2D eigenvalue weighted by Gasteiger charge is -1.99. The van der Waals surface area contributed by atoms with Crippen molar-refractivity contribution in [2.75, 3.05) is 7.11 Å². The molecular weight excluding hydrogens is 236 g/mol. The predicted molar refractivity (Wildman–Crippen MR) is 78.5 cm³/mol. The van der Waals surface area contributed by atoms with Gasteiger partial charge in [0.2, 0.25) is 0 Å². The summed E-state index contributed by atoms with van der Waals surface area (Å²) >= 11 is 0. The van der Waals surface area contributed by atoms with E-state index in [0.717, 1.165) is 22.5 Å². The van der Waals surface area contributed by atoms with Gasteiger partial charge in [-0.05, 0) is 53.4 Å². The summed E-state index contributed by atoms with van der Waals surface area (Å²) in [6.45, 7) is 0. The molecule has 0 aliphatic heterocycles. The molecule has 19 heavy (non-hydrogen) atoms. The monoisotopic (exact) mass is 250 g/mol. The summed E-state index contributed by atoms with van der Waals surface area (Å²) < 4.78 is 5.12. The highest BCUT2D eigenvalue weighted by atomic mass is 16.5. The van der Waals surface area contributed by atoms with E-state index < -0.39 is 0 Å². The number of aliphatic imine (C=N–C) groups is 1. The van der Waals surface area contributed by atoms with Gasteiger partial charge in [-0.3, -0.25) is 4.99 Å². The fourth-order valence-electron chi connectivity index (χ4n) is 1.96. The summed E-state index contributed by atoms with van der Waals surface area (Å²) in [6, 6.07) is 16.0. The van der Waals surface area contributed by atoms with Crippen LogP contribution in [0.1, 0.15) is 5.56 Å². The number of benzene rings is 2. The van der Waals surface area contributed by atoms with E-state index in [9.17, 15) is 0 Å². The molecule has 0 bridgehead atoms.